The van der Waals surface area contributed by atoms with E-state index in [2.05, 4.69) is 0 Å². The summed E-state index contributed by atoms with van der Waals surface area (Å²) in [5, 5.41) is 0.952. The van der Waals surface area contributed by atoms with Gasteiger partial charge in [0.1, 0.15) is 11.5 Å². The van der Waals surface area contributed by atoms with E-state index in [4.69, 9.17) is 32.4 Å². The minimum atomic E-state index is -0.403. The van der Waals surface area contributed by atoms with Gasteiger partial charge >= 0.3 is 5.97 Å². The Morgan fingerprint density at radius 3 is 2.75 bits per heavy atom. The number of hydrogen-bond acceptors (Lipinski definition) is 3. The average molecular weight is 311 g/mol. The third-order valence-corrected chi connectivity index (χ3v) is 3.24. The number of rotatable bonds is 4. The number of ether oxygens (including phenoxy) is 1. The van der Waals surface area contributed by atoms with Crippen LogP contribution in [-0.2, 0) is 9.53 Å². The lowest BCUT2D eigenvalue weighted by atomic mass is 10.2. The summed E-state index contributed by atoms with van der Waals surface area (Å²) in [7, 11) is 0. The van der Waals surface area contributed by atoms with Crippen molar-refractivity contribution in [3.63, 3.8) is 0 Å². The van der Waals surface area contributed by atoms with Crippen LogP contribution >= 0.6 is 23.2 Å². The van der Waals surface area contributed by atoms with Crippen LogP contribution in [0.2, 0.25) is 10.0 Å². The molecule has 104 valence electrons. The molecule has 1 aromatic carbocycles. The van der Waals surface area contributed by atoms with Gasteiger partial charge in [-0.1, -0.05) is 23.2 Å². The van der Waals surface area contributed by atoms with Crippen LogP contribution in [0, 0.1) is 0 Å². The monoisotopic (exact) mass is 310 g/mol. The van der Waals surface area contributed by atoms with E-state index in [0.717, 1.165) is 5.56 Å². The van der Waals surface area contributed by atoms with E-state index < -0.39 is 5.97 Å². The molecular weight excluding hydrogens is 299 g/mol. The lowest BCUT2D eigenvalue weighted by Gasteiger charge is -1.99. The molecule has 2 rings (SSSR count). The van der Waals surface area contributed by atoms with Crippen molar-refractivity contribution in [2.45, 2.75) is 6.92 Å². The Morgan fingerprint density at radius 2 is 2.05 bits per heavy atom. The van der Waals surface area contributed by atoms with Gasteiger partial charge in [-0.2, -0.15) is 0 Å². The van der Waals surface area contributed by atoms with Gasteiger partial charge in [-0.15, -0.1) is 0 Å². The van der Waals surface area contributed by atoms with Gasteiger partial charge < -0.3 is 9.15 Å². The molecule has 0 fully saturated rings. The molecule has 3 nitrogen and oxygen atoms in total. The van der Waals surface area contributed by atoms with Gasteiger partial charge in [-0.05, 0) is 43.3 Å². The third kappa shape index (κ3) is 3.65. The summed E-state index contributed by atoms with van der Waals surface area (Å²) in [4.78, 5) is 11.2. The van der Waals surface area contributed by atoms with Crippen molar-refractivity contribution in [3.05, 3.63) is 52.2 Å². The fourth-order valence-corrected chi connectivity index (χ4v) is 1.89. The quantitative estimate of drug-likeness (QED) is 0.600. The largest absolute Gasteiger partial charge is 0.463 e. The molecule has 1 aromatic heterocycles. The summed E-state index contributed by atoms with van der Waals surface area (Å²) < 4.78 is 10.4. The first-order valence-corrected chi connectivity index (χ1v) is 6.76. The van der Waals surface area contributed by atoms with Crippen molar-refractivity contribution in [3.8, 4) is 11.3 Å². The van der Waals surface area contributed by atoms with Gasteiger partial charge in [-0.25, -0.2) is 4.79 Å². The first-order valence-electron chi connectivity index (χ1n) is 6.00. The highest BCUT2D eigenvalue weighted by molar-refractivity contribution is 6.42. The summed E-state index contributed by atoms with van der Waals surface area (Å²) in [5.41, 5.74) is 0.815. The average Bonchev–Trinajstić information content (AvgIpc) is 2.89. The van der Waals surface area contributed by atoms with Crippen LogP contribution in [0.5, 0.6) is 0 Å². The SMILES string of the molecule is CCOC(=O)C=Cc1ccc(-c2ccc(Cl)c(Cl)c2)o1. The van der Waals surface area contributed by atoms with Crippen LogP contribution in [0.1, 0.15) is 12.7 Å². The highest BCUT2D eigenvalue weighted by atomic mass is 35.5. The standard InChI is InChI=1S/C15H12Cl2O3/c1-2-19-15(18)8-5-11-4-7-14(20-11)10-3-6-12(16)13(17)9-10/h3-9H,2H2,1H3. The lowest BCUT2D eigenvalue weighted by molar-refractivity contribution is -0.137. The molecule has 0 unspecified atom stereocenters. The number of furan rings is 1. The van der Waals surface area contributed by atoms with Crippen LogP contribution in [0.15, 0.2) is 40.8 Å². The van der Waals surface area contributed by atoms with Gasteiger partial charge in [-0.3, -0.25) is 0 Å². The zero-order valence-corrected chi connectivity index (χ0v) is 12.2. The predicted octanol–water partition coefficient (Wildman–Crippen LogP) is 4.83. The van der Waals surface area contributed by atoms with Gasteiger partial charge in [0.15, 0.2) is 0 Å². The maximum Gasteiger partial charge on any atom is 0.330 e. The molecule has 0 N–H and O–H groups in total. The van der Waals surface area contributed by atoms with Crippen molar-refractivity contribution in [1.29, 1.82) is 0 Å². The second-order valence-corrected chi connectivity index (χ2v) is 4.73. The smallest absolute Gasteiger partial charge is 0.330 e. The fraction of sp³-hybridized carbons (Fsp3) is 0.133. The van der Waals surface area contributed by atoms with Crippen molar-refractivity contribution in [1.82, 2.24) is 0 Å². The van der Waals surface area contributed by atoms with Crippen molar-refractivity contribution in [2.24, 2.45) is 0 Å². The molecule has 0 saturated heterocycles. The Bertz CT molecular complexity index is 644. The molecule has 0 saturated carbocycles. The maximum atomic E-state index is 11.2. The molecule has 1 heterocycles. The van der Waals surface area contributed by atoms with Crippen molar-refractivity contribution in [2.75, 3.05) is 6.61 Å². The highest BCUT2D eigenvalue weighted by Crippen LogP contribution is 2.29. The van der Waals surface area contributed by atoms with E-state index >= 15 is 0 Å². The molecule has 0 aliphatic rings. The Balaban J connectivity index is 2.16. The molecular formula is C15H12Cl2O3. The second kappa shape index (κ2) is 6.64. The van der Waals surface area contributed by atoms with E-state index in [1.165, 1.54) is 6.08 Å². The Hall–Kier alpha value is -1.71. The Morgan fingerprint density at radius 1 is 1.25 bits per heavy atom. The van der Waals surface area contributed by atoms with E-state index in [1.54, 1.807) is 37.3 Å². The van der Waals surface area contributed by atoms with Gasteiger partial charge in [0.2, 0.25) is 0 Å². The summed E-state index contributed by atoms with van der Waals surface area (Å²) >= 11 is 11.8. The van der Waals surface area contributed by atoms with Crippen molar-refractivity contribution >= 4 is 35.2 Å². The van der Waals surface area contributed by atoms with Crippen molar-refractivity contribution < 1.29 is 13.9 Å². The van der Waals surface area contributed by atoms with Gasteiger partial charge in [0.25, 0.3) is 0 Å². The Labute approximate surface area is 126 Å². The van der Waals surface area contributed by atoms with Crippen LogP contribution in [0.3, 0.4) is 0 Å². The molecule has 5 heteroatoms. The molecule has 2 aromatic rings. The third-order valence-electron chi connectivity index (χ3n) is 2.50. The van der Waals surface area contributed by atoms with Crippen LogP contribution in [-0.4, -0.2) is 12.6 Å². The minimum absolute atomic E-state index is 0.343. The molecule has 0 spiro atoms. The number of halogens is 2. The minimum Gasteiger partial charge on any atom is -0.463 e. The summed E-state index contributed by atoms with van der Waals surface area (Å²) in [6, 6.07) is 8.79. The van der Waals surface area contributed by atoms with E-state index in [9.17, 15) is 4.79 Å². The number of carbonyl (C=O) groups excluding carboxylic acids is 1. The molecule has 0 aliphatic carbocycles. The highest BCUT2D eigenvalue weighted by Gasteiger charge is 2.06. The van der Waals surface area contributed by atoms with Gasteiger partial charge in [0, 0.05) is 11.6 Å². The molecule has 0 amide bonds. The molecule has 0 atom stereocenters. The number of carbonyl (C=O) groups is 1. The molecule has 0 radical (unpaired) electrons. The lowest BCUT2D eigenvalue weighted by Crippen LogP contribution is -1.98. The predicted molar refractivity (Wildman–Crippen MR) is 79.8 cm³/mol. The van der Waals surface area contributed by atoms with Gasteiger partial charge in [0.05, 0.1) is 16.7 Å². The molecule has 20 heavy (non-hydrogen) atoms. The zero-order valence-electron chi connectivity index (χ0n) is 10.7. The number of benzene rings is 1. The van der Waals surface area contributed by atoms with E-state index in [1.807, 2.05) is 6.07 Å². The fourth-order valence-electron chi connectivity index (χ4n) is 1.59. The zero-order chi connectivity index (χ0) is 14.5. The van der Waals surface area contributed by atoms with Crippen LogP contribution in [0.25, 0.3) is 17.4 Å². The summed E-state index contributed by atoms with van der Waals surface area (Å²) in [6.45, 7) is 2.09. The van der Waals surface area contributed by atoms with E-state index in [0.29, 0.717) is 28.2 Å². The first-order chi connectivity index (χ1) is 9.60. The topological polar surface area (TPSA) is 39.4 Å². The van der Waals surface area contributed by atoms with Crippen LogP contribution in [0.4, 0.5) is 0 Å². The first kappa shape index (κ1) is 14.7. The maximum absolute atomic E-state index is 11.2. The number of esters is 1. The molecule has 0 bridgehead atoms. The van der Waals surface area contributed by atoms with Crippen LogP contribution < -0.4 is 0 Å². The second-order valence-electron chi connectivity index (χ2n) is 3.92. The Kier molecular flexibility index (Phi) is 4.88. The van der Waals surface area contributed by atoms with E-state index in [-0.39, 0.29) is 0 Å². The molecule has 0 aliphatic heterocycles. The normalized spacial score (nSPS) is 10.9. The summed E-state index contributed by atoms with van der Waals surface area (Å²) in [5.74, 6) is 0.797. The number of hydrogen-bond donors (Lipinski definition) is 0. The summed E-state index contributed by atoms with van der Waals surface area (Å²) in [6.07, 6.45) is 2.87.